The zero-order valence-electron chi connectivity index (χ0n) is 15.6. The number of benzene rings is 3. The Morgan fingerprint density at radius 2 is 1.63 bits per heavy atom. The fraction of sp³-hybridized carbons (Fsp3) is 0.0417. The van der Waals surface area contributed by atoms with E-state index in [1.54, 1.807) is 12.1 Å². The lowest BCUT2D eigenvalue weighted by Gasteiger charge is -2.10. The van der Waals surface area contributed by atoms with Gasteiger partial charge in [0.05, 0.1) is 16.8 Å². The van der Waals surface area contributed by atoms with Crippen LogP contribution in [0.1, 0.15) is 20.7 Å². The van der Waals surface area contributed by atoms with E-state index in [1.165, 1.54) is 24.3 Å². The second-order valence-electron chi connectivity index (χ2n) is 6.59. The van der Waals surface area contributed by atoms with E-state index in [-0.39, 0.29) is 5.56 Å². The highest BCUT2D eigenvalue weighted by Crippen LogP contribution is 2.26. The second kappa shape index (κ2) is 8.55. The highest BCUT2D eigenvalue weighted by molar-refractivity contribution is 9.10. The molecule has 4 nitrogen and oxygen atoms in total. The first-order valence-electron chi connectivity index (χ1n) is 9.13. The number of carbonyl (C=O) groups excluding carboxylic acids is 2. The monoisotopic (exact) mass is 463 g/mol. The van der Waals surface area contributed by atoms with Crippen LogP contribution in [-0.2, 0) is 4.74 Å². The van der Waals surface area contributed by atoms with Crippen molar-refractivity contribution in [2.45, 2.75) is 0 Å². The average molecular weight is 464 g/mol. The van der Waals surface area contributed by atoms with Crippen molar-refractivity contribution in [1.82, 2.24) is 4.98 Å². The van der Waals surface area contributed by atoms with Gasteiger partial charge in [0.2, 0.25) is 0 Å². The van der Waals surface area contributed by atoms with Gasteiger partial charge in [0.1, 0.15) is 5.82 Å². The molecule has 0 saturated heterocycles. The van der Waals surface area contributed by atoms with Gasteiger partial charge in [-0.15, -0.1) is 0 Å². The van der Waals surface area contributed by atoms with E-state index in [0.29, 0.717) is 22.2 Å². The number of ketones is 1. The van der Waals surface area contributed by atoms with Crippen LogP contribution in [0.4, 0.5) is 4.39 Å². The predicted octanol–water partition coefficient (Wildman–Crippen LogP) is 5.84. The van der Waals surface area contributed by atoms with Gasteiger partial charge in [-0.05, 0) is 48.5 Å². The number of halogens is 2. The van der Waals surface area contributed by atoms with Gasteiger partial charge < -0.3 is 4.74 Å². The van der Waals surface area contributed by atoms with Crippen LogP contribution in [0.2, 0.25) is 0 Å². The lowest BCUT2D eigenvalue weighted by Crippen LogP contribution is -2.15. The third kappa shape index (κ3) is 4.28. The molecule has 0 saturated carbocycles. The van der Waals surface area contributed by atoms with Crippen LogP contribution in [0.3, 0.4) is 0 Å². The van der Waals surface area contributed by atoms with Gasteiger partial charge in [0.15, 0.2) is 12.4 Å². The molecule has 0 aliphatic carbocycles. The fourth-order valence-corrected chi connectivity index (χ4v) is 3.31. The number of pyridine rings is 1. The van der Waals surface area contributed by atoms with Crippen molar-refractivity contribution in [2.75, 3.05) is 6.61 Å². The second-order valence-corrected chi connectivity index (χ2v) is 7.50. The average Bonchev–Trinajstić information content (AvgIpc) is 2.77. The van der Waals surface area contributed by atoms with Crippen LogP contribution < -0.4 is 0 Å². The van der Waals surface area contributed by atoms with E-state index in [0.717, 1.165) is 10.0 Å². The molecule has 0 bridgehead atoms. The molecule has 30 heavy (non-hydrogen) atoms. The van der Waals surface area contributed by atoms with E-state index in [9.17, 15) is 14.0 Å². The Morgan fingerprint density at radius 1 is 0.933 bits per heavy atom. The third-order valence-corrected chi connectivity index (χ3v) is 5.11. The van der Waals surface area contributed by atoms with Gasteiger partial charge in [0, 0.05) is 21.0 Å². The predicted molar refractivity (Wildman–Crippen MR) is 116 cm³/mol. The largest absolute Gasteiger partial charge is 0.454 e. The fourth-order valence-electron chi connectivity index (χ4n) is 3.04. The Kier molecular flexibility index (Phi) is 5.68. The number of esters is 1. The molecule has 0 aliphatic rings. The van der Waals surface area contributed by atoms with Crippen molar-refractivity contribution in [3.63, 3.8) is 0 Å². The number of fused-ring (bicyclic) bond motifs is 1. The van der Waals surface area contributed by atoms with Crippen LogP contribution in [0.25, 0.3) is 22.2 Å². The molecular weight excluding hydrogens is 449 g/mol. The maximum absolute atomic E-state index is 13.0. The molecule has 0 unspecified atom stereocenters. The maximum atomic E-state index is 13.0. The number of carbonyl (C=O) groups is 2. The first-order chi connectivity index (χ1) is 14.5. The molecule has 4 rings (SSSR count). The number of hydrogen-bond donors (Lipinski definition) is 0. The Morgan fingerprint density at radius 3 is 2.37 bits per heavy atom. The summed E-state index contributed by atoms with van der Waals surface area (Å²) >= 11 is 3.41. The topological polar surface area (TPSA) is 56.3 Å². The van der Waals surface area contributed by atoms with E-state index in [4.69, 9.17) is 4.74 Å². The number of rotatable bonds is 5. The summed E-state index contributed by atoms with van der Waals surface area (Å²) < 4.78 is 19.2. The van der Waals surface area contributed by atoms with Gasteiger partial charge in [0.25, 0.3) is 0 Å². The first kappa shape index (κ1) is 19.9. The van der Waals surface area contributed by atoms with Gasteiger partial charge >= 0.3 is 5.97 Å². The number of para-hydroxylation sites is 1. The van der Waals surface area contributed by atoms with Crippen molar-refractivity contribution in [2.24, 2.45) is 0 Å². The Hall–Kier alpha value is -3.38. The molecule has 3 aromatic carbocycles. The molecule has 148 valence electrons. The van der Waals surface area contributed by atoms with E-state index < -0.39 is 24.2 Å². The van der Waals surface area contributed by atoms with Gasteiger partial charge in [-0.3, -0.25) is 4.79 Å². The molecule has 0 fully saturated rings. The van der Waals surface area contributed by atoms with Gasteiger partial charge in [-0.25, -0.2) is 14.2 Å². The number of nitrogens with zero attached hydrogens (tertiary/aromatic N) is 1. The van der Waals surface area contributed by atoms with Gasteiger partial charge in [-0.1, -0.05) is 46.3 Å². The quantitative estimate of drug-likeness (QED) is 0.275. The normalized spacial score (nSPS) is 10.7. The molecule has 0 aliphatic heterocycles. The zero-order chi connectivity index (χ0) is 21.1. The molecule has 6 heteroatoms. The molecular formula is C24H15BrFNO3. The smallest absolute Gasteiger partial charge is 0.339 e. The van der Waals surface area contributed by atoms with Crippen LogP contribution >= 0.6 is 15.9 Å². The molecule has 1 aromatic heterocycles. The summed E-state index contributed by atoms with van der Waals surface area (Å²) in [7, 11) is 0. The molecule has 0 spiro atoms. The lowest BCUT2D eigenvalue weighted by atomic mass is 10.0. The zero-order valence-corrected chi connectivity index (χ0v) is 17.2. The van der Waals surface area contributed by atoms with E-state index >= 15 is 0 Å². The summed E-state index contributed by atoms with van der Waals surface area (Å²) in [5.41, 5.74) is 2.72. The molecule has 0 amide bonds. The minimum Gasteiger partial charge on any atom is -0.454 e. The number of hydrogen-bond acceptors (Lipinski definition) is 4. The Bertz CT molecular complexity index is 1240. The van der Waals surface area contributed by atoms with Crippen LogP contribution in [0, 0.1) is 5.82 Å². The van der Waals surface area contributed by atoms with Crippen molar-refractivity contribution in [3.05, 3.63) is 100 Å². The summed E-state index contributed by atoms with van der Waals surface area (Å²) in [5, 5.41) is 0.637. The summed E-state index contributed by atoms with van der Waals surface area (Å²) in [6.45, 7) is -0.436. The maximum Gasteiger partial charge on any atom is 0.339 e. The van der Waals surface area contributed by atoms with Crippen molar-refractivity contribution < 1.29 is 18.7 Å². The molecule has 0 radical (unpaired) electrons. The van der Waals surface area contributed by atoms with Crippen LogP contribution in [0.5, 0.6) is 0 Å². The highest BCUT2D eigenvalue weighted by Gasteiger charge is 2.17. The minimum absolute atomic E-state index is 0.277. The van der Waals surface area contributed by atoms with Gasteiger partial charge in [-0.2, -0.15) is 0 Å². The summed E-state index contributed by atoms with van der Waals surface area (Å²) in [6, 6.07) is 21.6. The third-order valence-electron chi connectivity index (χ3n) is 4.58. The van der Waals surface area contributed by atoms with E-state index in [1.807, 2.05) is 42.5 Å². The Labute approximate surface area is 180 Å². The molecule has 1 heterocycles. The SMILES string of the molecule is O=C(COC(=O)c1cc(-c2ccc(Br)cc2)nc2ccccc12)c1ccc(F)cc1. The van der Waals surface area contributed by atoms with E-state index in [2.05, 4.69) is 20.9 Å². The first-order valence-corrected chi connectivity index (χ1v) is 9.92. The summed E-state index contributed by atoms with van der Waals surface area (Å²) in [4.78, 5) is 29.7. The standard InChI is InChI=1S/C24H15BrFNO3/c25-17-9-5-15(6-10-17)22-13-20(19-3-1-2-4-21(19)27-22)24(29)30-14-23(28)16-7-11-18(26)12-8-16/h1-13H,14H2. The molecule has 0 N–H and O–H groups in total. The molecule has 4 aromatic rings. The highest BCUT2D eigenvalue weighted by atomic mass is 79.9. The Balaban J connectivity index is 1.63. The van der Waals surface area contributed by atoms with Crippen LogP contribution in [0.15, 0.2) is 83.3 Å². The van der Waals surface area contributed by atoms with Crippen molar-refractivity contribution in [1.29, 1.82) is 0 Å². The lowest BCUT2D eigenvalue weighted by molar-refractivity contribution is 0.0476. The van der Waals surface area contributed by atoms with Crippen molar-refractivity contribution in [3.8, 4) is 11.3 Å². The number of ether oxygens (including phenoxy) is 1. The summed E-state index contributed by atoms with van der Waals surface area (Å²) in [6.07, 6.45) is 0. The van der Waals surface area contributed by atoms with Crippen LogP contribution in [-0.4, -0.2) is 23.3 Å². The summed E-state index contributed by atoms with van der Waals surface area (Å²) in [5.74, 6) is -1.47. The number of aromatic nitrogens is 1. The minimum atomic E-state index is -0.623. The number of Topliss-reactive ketones (excluding diaryl/α,β-unsaturated/α-hetero) is 1. The molecule has 0 atom stereocenters. The van der Waals surface area contributed by atoms with Crippen molar-refractivity contribution >= 4 is 38.6 Å².